The van der Waals surface area contributed by atoms with Crippen LogP contribution in [-0.4, -0.2) is 28.1 Å². The van der Waals surface area contributed by atoms with Crippen molar-refractivity contribution in [1.82, 2.24) is 0 Å². The van der Waals surface area contributed by atoms with Gasteiger partial charge in [0, 0.05) is 52.0 Å². The third-order valence-corrected chi connectivity index (χ3v) is 9.60. The Morgan fingerprint density at radius 2 is 0.922 bits per heavy atom. The van der Waals surface area contributed by atoms with E-state index in [0.29, 0.717) is 13.2 Å². The summed E-state index contributed by atoms with van der Waals surface area (Å²) < 4.78 is 1.55. The van der Waals surface area contributed by atoms with Crippen molar-refractivity contribution in [2.45, 2.75) is 183 Å². The van der Waals surface area contributed by atoms with Crippen LogP contribution in [0.25, 0.3) is 16.9 Å². The molecule has 4 nitrogen and oxygen atoms in total. The van der Waals surface area contributed by atoms with Crippen molar-refractivity contribution in [3.05, 3.63) is 87.5 Å². The van der Waals surface area contributed by atoms with E-state index in [-0.39, 0.29) is 16.5 Å². The molecule has 0 saturated carbocycles. The molecule has 51 heavy (non-hydrogen) atoms. The number of aliphatic hydroxyl groups excluding tert-OH is 2. The number of benzene rings is 2. The van der Waals surface area contributed by atoms with Gasteiger partial charge in [0.25, 0.3) is 0 Å². The number of hydrogen-bond donors (Lipinski definition) is 2. The Balaban J connectivity index is 0.00000200. The van der Waals surface area contributed by atoms with Crippen LogP contribution in [0.4, 0.5) is 0 Å². The maximum atomic E-state index is 11.9. The van der Waals surface area contributed by atoms with E-state index in [9.17, 15) is 5.53 Å². The summed E-state index contributed by atoms with van der Waals surface area (Å²) in [5, 5.41) is 16.1. The fraction of sp³-hybridized carbons (Fsp3) is 0.652. The van der Waals surface area contributed by atoms with Crippen molar-refractivity contribution < 1.29 is 31.4 Å². The molecular formula is C46H76N2NiO2. The molecule has 2 aromatic carbocycles. The SMILES string of the molecule is CCCCCCCCCCC1=C(c2cccc(CC)c2)[N+](=[N-])C(c2ccc(CCCCCC)cc2)=C1CCCC.CCCCO.CCCCO.[Ni]. The molecule has 0 aromatic heterocycles. The van der Waals surface area contributed by atoms with Gasteiger partial charge in [-0.05, 0) is 93.2 Å². The van der Waals surface area contributed by atoms with E-state index in [4.69, 9.17) is 10.2 Å². The molecule has 1 aliphatic rings. The first-order valence-corrected chi connectivity index (χ1v) is 20.8. The molecule has 0 unspecified atom stereocenters. The minimum atomic E-state index is 0. The second-order valence-corrected chi connectivity index (χ2v) is 14.0. The molecule has 0 saturated heterocycles. The van der Waals surface area contributed by atoms with Gasteiger partial charge in [-0.25, -0.2) is 4.70 Å². The van der Waals surface area contributed by atoms with Gasteiger partial charge >= 0.3 is 0 Å². The van der Waals surface area contributed by atoms with Gasteiger partial charge in [0.05, 0.1) is 0 Å². The summed E-state index contributed by atoms with van der Waals surface area (Å²) in [6, 6.07) is 17.9. The van der Waals surface area contributed by atoms with Crippen LogP contribution in [0.5, 0.6) is 0 Å². The van der Waals surface area contributed by atoms with Crippen LogP contribution in [0.15, 0.2) is 59.7 Å². The summed E-state index contributed by atoms with van der Waals surface area (Å²) in [5.74, 6) is 0. The van der Waals surface area contributed by atoms with E-state index in [2.05, 4.69) is 90.1 Å². The number of aliphatic hydroxyl groups is 2. The van der Waals surface area contributed by atoms with Crippen LogP contribution < -0.4 is 0 Å². The van der Waals surface area contributed by atoms with Crippen molar-refractivity contribution in [2.75, 3.05) is 13.2 Å². The van der Waals surface area contributed by atoms with Gasteiger partial charge < -0.3 is 15.7 Å². The van der Waals surface area contributed by atoms with Gasteiger partial charge in [-0.15, -0.1) is 0 Å². The molecule has 0 amide bonds. The van der Waals surface area contributed by atoms with Crippen LogP contribution in [0.1, 0.15) is 192 Å². The Morgan fingerprint density at radius 3 is 1.41 bits per heavy atom. The van der Waals surface area contributed by atoms with Gasteiger partial charge in [0.1, 0.15) is 0 Å². The topological polar surface area (TPSA) is 65.8 Å². The largest absolute Gasteiger partial charge is 0.493 e. The normalized spacial score (nSPS) is 12.4. The molecule has 0 atom stereocenters. The second kappa shape index (κ2) is 32.6. The minimum Gasteiger partial charge on any atom is -0.493 e. The molecule has 1 heterocycles. The molecule has 2 N–H and O–H groups in total. The third kappa shape index (κ3) is 19.5. The first kappa shape index (κ1) is 48.9. The Hall–Kier alpha value is -2.07. The third-order valence-electron chi connectivity index (χ3n) is 9.60. The zero-order valence-corrected chi connectivity index (χ0v) is 34.7. The van der Waals surface area contributed by atoms with Crippen LogP contribution in [0.3, 0.4) is 0 Å². The van der Waals surface area contributed by atoms with Crippen molar-refractivity contribution in [2.24, 2.45) is 0 Å². The number of allylic oxidation sites excluding steroid dienone is 2. The average Bonchev–Trinajstić information content (AvgIpc) is 3.42. The number of aryl methyl sites for hydroxylation is 2. The van der Waals surface area contributed by atoms with Crippen molar-refractivity contribution >= 4 is 11.4 Å². The molecular weight excluding hydrogens is 671 g/mol. The summed E-state index contributed by atoms with van der Waals surface area (Å²) in [4.78, 5) is 0. The maximum absolute atomic E-state index is 11.9. The average molecular weight is 748 g/mol. The molecule has 0 fully saturated rings. The van der Waals surface area contributed by atoms with Gasteiger partial charge in [-0.1, -0.05) is 149 Å². The molecule has 2 aromatic rings. The van der Waals surface area contributed by atoms with E-state index in [1.165, 1.54) is 99.3 Å². The smallest absolute Gasteiger partial charge is 0.211 e. The summed E-state index contributed by atoms with van der Waals surface area (Å²) in [5.41, 5.74) is 21.6. The Labute approximate surface area is 325 Å². The quantitative estimate of drug-likeness (QED) is 0.0638. The summed E-state index contributed by atoms with van der Waals surface area (Å²) in [6.07, 6.45) is 26.3. The standard InChI is InChI=1S/C38H56N2.2C4H10O.Ni/c1-5-9-12-14-15-16-17-19-25-36-35(24-11-7-3)37(33-28-26-32(27-29-33)21-18-13-10-6-2)40(39)38(36)34-23-20-22-31(8-4)30-34;2*1-2-3-4-5;/h20,22-23,26-30H,5-19,21,24-25H2,1-4H3;2*5H,2-4H2,1H3;. The molecule has 0 bridgehead atoms. The zero-order chi connectivity index (χ0) is 36.8. The Bertz CT molecular complexity index is 1210. The Morgan fingerprint density at radius 1 is 0.471 bits per heavy atom. The van der Waals surface area contributed by atoms with Crippen LogP contribution in [0.2, 0.25) is 0 Å². The molecule has 0 spiro atoms. The van der Waals surface area contributed by atoms with Gasteiger partial charge in [-0.2, -0.15) is 0 Å². The van der Waals surface area contributed by atoms with Crippen molar-refractivity contribution in [3.8, 4) is 0 Å². The van der Waals surface area contributed by atoms with Crippen molar-refractivity contribution in [3.63, 3.8) is 0 Å². The number of nitrogens with zero attached hydrogens (tertiary/aromatic N) is 2. The predicted octanol–water partition coefficient (Wildman–Crippen LogP) is 13.8. The predicted molar refractivity (Wildman–Crippen MR) is 218 cm³/mol. The number of rotatable bonds is 24. The van der Waals surface area contributed by atoms with Gasteiger partial charge in [-0.3, -0.25) is 0 Å². The summed E-state index contributed by atoms with van der Waals surface area (Å²) in [6.45, 7) is 13.8. The second-order valence-electron chi connectivity index (χ2n) is 14.0. The van der Waals surface area contributed by atoms with E-state index in [1.807, 2.05) is 0 Å². The van der Waals surface area contributed by atoms with Gasteiger partial charge in [0.2, 0.25) is 11.4 Å². The zero-order valence-electron chi connectivity index (χ0n) is 33.7. The van der Waals surface area contributed by atoms with Crippen LogP contribution in [0, 0.1) is 0 Å². The molecule has 292 valence electrons. The minimum absolute atomic E-state index is 0. The van der Waals surface area contributed by atoms with Gasteiger partial charge in [0.15, 0.2) is 0 Å². The fourth-order valence-electron chi connectivity index (χ4n) is 6.41. The number of unbranched alkanes of at least 4 members (excludes halogenated alkanes) is 13. The van der Waals surface area contributed by atoms with E-state index in [0.717, 1.165) is 86.7 Å². The monoisotopic (exact) mass is 747 g/mol. The summed E-state index contributed by atoms with van der Waals surface area (Å²) >= 11 is 0. The van der Waals surface area contributed by atoms with E-state index < -0.39 is 0 Å². The van der Waals surface area contributed by atoms with E-state index in [1.54, 1.807) is 4.70 Å². The molecule has 0 radical (unpaired) electrons. The van der Waals surface area contributed by atoms with Crippen molar-refractivity contribution in [1.29, 1.82) is 0 Å². The van der Waals surface area contributed by atoms with Crippen LogP contribution >= 0.6 is 0 Å². The maximum Gasteiger partial charge on any atom is 0.211 e. The van der Waals surface area contributed by atoms with Crippen LogP contribution in [-0.2, 0) is 29.3 Å². The molecule has 0 aliphatic carbocycles. The first-order valence-electron chi connectivity index (χ1n) is 20.8. The fourth-order valence-corrected chi connectivity index (χ4v) is 6.41. The number of hydrogen-bond acceptors (Lipinski definition) is 2. The molecule has 1 aliphatic heterocycles. The Kier molecular flexibility index (Phi) is 31.3. The van der Waals surface area contributed by atoms with E-state index >= 15 is 0 Å². The first-order chi connectivity index (χ1) is 24.5. The molecule has 5 heteroatoms. The molecule has 3 rings (SSSR count). The summed E-state index contributed by atoms with van der Waals surface area (Å²) in [7, 11) is 0.